The van der Waals surface area contributed by atoms with E-state index in [-0.39, 0.29) is 12.8 Å². The van der Waals surface area contributed by atoms with Gasteiger partial charge in [-0.15, -0.1) is 0 Å². The molecule has 34 heavy (non-hydrogen) atoms. The van der Waals surface area contributed by atoms with Gasteiger partial charge in [0.2, 0.25) is 0 Å². The maximum absolute atomic E-state index is 12.6. The van der Waals surface area contributed by atoms with Gasteiger partial charge in [0.1, 0.15) is 26.7 Å². The van der Waals surface area contributed by atoms with Crippen molar-refractivity contribution in [1.29, 1.82) is 0 Å². The van der Waals surface area contributed by atoms with Crippen LogP contribution in [0.15, 0.2) is 0 Å². The Morgan fingerprint density at radius 3 is 2.00 bits per heavy atom. The van der Waals surface area contributed by atoms with Gasteiger partial charge < -0.3 is 39.0 Å². The van der Waals surface area contributed by atoms with Gasteiger partial charge >= 0.3 is 31.3 Å². The Morgan fingerprint density at radius 2 is 1.44 bits per heavy atom. The first-order valence-corrected chi connectivity index (χ1v) is 15.2. The number of ether oxygens (including phenoxy) is 2. The van der Waals surface area contributed by atoms with E-state index >= 15 is 0 Å². The van der Waals surface area contributed by atoms with Crippen LogP contribution in [0.4, 0.5) is 4.39 Å². The third kappa shape index (κ3) is 10.4. The molecule has 0 aliphatic carbocycles. The van der Waals surface area contributed by atoms with E-state index in [4.69, 9.17) is 41.0 Å². The van der Waals surface area contributed by atoms with Crippen molar-refractivity contribution in [2.45, 2.75) is 49.4 Å². The molecule has 0 aromatic rings. The fourth-order valence-corrected chi connectivity index (χ4v) is 6.90. The molecule has 2 rings (SSSR count). The number of aliphatic hydroxyl groups excluding tert-OH is 1. The minimum atomic E-state index is -5.75. The summed E-state index contributed by atoms with van der Waals surface area (Å²) in [6, 6.07) is -1.11. The van der Waals surface area contributed by atoms with Gasteiger partial charge in [0, 0.05) is 12.4 Å². The first-order valence-electron chi connectivity index (χ1n) is 9.15. The van der Waals surface area contributed by atoms with E-state index in [1.807, 2.05) is 0 Å². The Balaban J connectivity index is 1.91. The molecule has 2 aliphatic rings. The van der Waals surface area contributed by atoms with Crippen LogP contribution in [-0.4, -0.2) is 93.8 Å². The van der Waals surface area contributed by atoms with Crippen LogP contribution in [0.5, 0.6) is 0 Å². The summed E-state index contributed by atoms with van der Waals surface area (Å²) in [5.74, 6) is 0. The molecule has 17 nitrogen and oxygen atoms in total. The highest BCUT2D eigenvalue weighted by Gasteiger charge is 2.44. The second-order valence-electron chi connectivity index (χ2n) is 7.00. The summed E-state index contributed by atoms with van der Waals surface area (Å²) in [4.78, 5) is 45.5. The number of halogens is 1. The van der Waals surface area contributed by atoms with Crippen molar-refractivity contribution in [2.24, 2.45) is 0 Å². The van der Waals surface area contributed by atoms with Gasteiger partial charge in [-0.1, -0.05) is 0 Å². The zero-order valence-corrected chi connectivity index (χ0v) is 20.5. The van der Waals surface area contributed by atoms with Gasteiger partial charge in [-0.05, 0) is 6.42 Å². The van der Waals surface area contributed by atoms with Crippen LogP contribution in [0, 0.1) is 0 Å². The molecule has 0 aromatic carbocycles. The Labute approximate surface area is 192 Å². The number of hydrogen-bond acceptors (Lipinski definition) is 12. The van der Waals surface area contributed by atoms with Crippen LogP contribution in [0.2, 0.25) is 0 Å². The molecule has 198 valence electrons. The van der Waals surface area contributed by atoms with Crippen molar-refractivity contribution in [3.8, 4) is 0 Å². The van der Waals surface area contributed by atoms with Gasteiger partial charge in [-0.25, -0.2) is 22.7 Å². The minimum Gasteiger partial charge on any atom is -0.390 e. The van der Waals surface area contributed by atoms with Crippen molar-refractivity contribution in [2.75, 3.05) is 19.9 Å². The first-order chi connectivity index (χ1) is 15.4. The predicted octanol–water partition coefficient (Wildman–Crippen LogP) is -0.397. The van der Waals surface area contributed by atoms with Gasteiger partial charge in [0.25, 0.3) is 0 Å². The fraction of sp³-hybridized carbons (Fsp3) is 1.00. The summed E-state index contributed by atoms with van der Waals surface area (Å²) in [6.07, 6.45) is -6.25. The molecule has 0 bridgehead atoms. The first kappa shape index (κ1) is 30.6. The molecule has 23 heteroatoms. The maximum atomic E-state index is 12.6. The fourth-order valence-electron chi connectivity index (χ4n) is 2.91. The number of alkyl halides is 1. The quantitative estimate of drug-likeness (QED) is 0.120. The van der Waals surface area contributed by atoms with Crippen molar-refractivity contribution < 1.29 is 83.9 Å². The molecule has 0 spiro atoms. The number of hydrogen-bond donors (Lipinski definition) is 6. The standard InChI is InChI=1S/C11H22BFO17P4/c12-11-2-8(28-32(18,19)24-4-9-7(14)1-6(3-13)26-9)10(27-11)5-25-33(20,21)30-34(22,23)29-31(15,16)17/h6-11,14H,1-5H2,(H,18,19)(H,20,21)(H,22,23)(H2,15,16,17)/t6-,7+,8+,9-,10-,11-/m1/s1. The summed E-state index contributed by atoms with van der Waals surface area (Å²) in [5, 5.41) is 9.75. The number of rotatable bonds is 13. The molecule has 2 heterocycles. The van der Waals surface area contributed by atoms with Gasteiger partial charge in [0.15, 0.2) is 0 Å². The summed E-state index contributed by atoms with van der Waals surface area (Å²) < 4.78 is 90.0. The highest BCUT2D eigenvalue weighted by Crippen LogP contribution is 2.66. The molecule has 6 N–H and O–H groups in total. The Bertz CT molecular complexity index is 886. The van der Waals surface area contributed by atoms with E-state index in [9.17, 15) is 37.5 Å². The third-order valence-corrected chi connectivity index (χ3v) is 9.01. The van der Waals surface area contributed by atoms with E-state index in [1.54, 1.807) is 0 Å². The lowest BCUT2D eigenvalue weighted by Gasteiger charge is -2.23. The summed E-state index contributed by atoms with van der Waals surface area (Å²) in [6.45, 7) is -2.50. The molecular weight excluding hydrogens is 558 g/mol. The average molecular weight is 580 g/mol. The molecule has 3 unspecified atom stereocenters. The molecule has 0 saturated carbocycles. The van der Waals surface area contributed by atoms with Crippen LogP contribution in [0.25, 0.3) is 0 Å². The molecule has 2 saturated heterocycles. The van der Waals surface area contributed by atoms with Crippen LogP contribution in [-0.2, 0) is 49.9 Å². The highest BCUT2D eigenvalue weighted by atomic mass is 31.3. The summed E-state index contributed by atoms with van der Waals surface area (Å²) in [7, 11) is -16.1. The Hall–Kier alpha value is 0.395. The van der Waals surface area contributed by atoms with E-state index in [1.165, 1.54) is 0 Å². The van der Waals surface area contributed by atoms with Crippen LogP contribution in [0.3, 0.4) is 0 Å². The average Bonchev–Trinajstić information content (AvgIpc) is 3.16. The predicted molar refractivity (Wildman–Crippen MR) is 105 cm³/mol. The number of phosphoric acid groups is 4. The third-order valence-electron chi connectivity index (χ3n) is 4.19. The monoisotopic (exact) mass is 580 g/mol. The molecule has 9 atom stereocenters. The van der Waals surface area contributed by atoms with Gasteiger partial charge in [-0.2, -0.15) is 8.62 Å². The zero-order valence-electron chi connectivity index (χ0n) is 16.9. The van der Waals surface area contributed by atoms with E-state index in [0.29, 0.717) is 0 Å². The Kier molecular flexibility index (Phi) is 10.7. The molecule has 2 aliphatic heterocycles. The van der Waals surface area contributed by atoms with Crippen molar-refractivity contribution in [3.63, 3.8) is 0 Å². The molecule has 2 radical (unpaired) electrons. The zero-order chi connectivity index (χ0) is 25.9. The lowest BCUT2D eigenvalue weighted by Crippen LogP contribution is -2.30. The van der Waals surface area contributed by atoms with Crippen LogP contribution < -0.4 is 0 Å². The highest BCUT2D eigenvalue weighted by molar-refractivity contribution is 7.66. The van der Waals surface area contributed by atoms with E-state index in [0.717, 1.165) is 0 Å². The van der Waals surface area contributed by atoms with Gasteiger partial charge in [0.05, 0.1) is 31.5 Å². The maximum Gasteiger partial charge on any atom is 0.490 e. The minimum absolute atomic E-state index is 0.0465. The summed E-state index contributed by atoms with van der Waals surface area (Å²) in [5.41, 5.74) is 0. The second kappa shape index (κ2) is 11.8. The van der Waals surface area contributed by atoms with Crippen LogP contribution >= 0.6 is 31.3 Å². The van der Waals surface area contributed by atoms with Crippen LogP contribution in [0.1, 0.15) is 12.8 Å². The Morgan fingerprint density at radius 1 is 0.853 bits per heavy atom. The normalized spacial score (nSPS) is 35.5. The second-order valence-corrected chi connectivity index (χ2v) is 12.8. The van der Waals surface area contributed by atoms with Gasteiger partial charge in [-0.3, -0.25) is 13.6 Å². The lowest BCUT2D eigenvalue weighted by molar-refractivity contribution is -0.0371. The van der Waals surface area contributed by atoms with Crippen molar-refractivity contribution in [1.82, 2.24) is 0 Å². The molecule has 0 amide bonds. The lowest BCUT2D eigenvalue weighted by atomic mass is 9.96. The molecule has 2 fully saturated rings. The van der Waals surface area contributed by atoms with E-state index in [2.05, 4.69) is 13.1 Å². The smallest absolute Gasteiger partial charge is 0.390 e. The van der Waals surface area contributed by atoms with E-state index < -0.39 is 87.7 Å². The van der Waals surface area contributed by atoms with Crippen molar-refractivity contribution in [3.05, 3.63) is 0 Å². The molecular formula is C11H22BFO17P4. The SMILES string of the molecule is [B][C@H]1C[C@H](OP(=O)(O)OC[C@H]2O[C@@H](CF)C[C@@H]2O)[C@@H](COP(=O)(O)OP(=O)(O)OP(=O)(O)O)O1. The van der Waals surface area contributed by atoms with Crippen molar-refractivity contribution >= 4 is 39.1 Å². The summed E-state index contributed by atoms with van der Waals surface area (Å²) >= 11 is 0. The number of phosphoric ester groups is 2. The topological polar surface area (TPSA) is 254 Å². The number of aliphatic hydroxyl groups is 1. The largest absolute Gasteiger partial charge is 0.490 e. The molecule has 0 aromatic heterocycles.